The second kappa shape index (κ2) is 6.44. The van der Waals surface area contributed by atoms with Gasteiger partial charge < -0.3 is 10.1 Å². The predicted molar refractivity (Wildman–Crippen MR) is 76.7 cm³/mol. The molecule has 1 N–H and O–H groups in total. The SMILES string of the molecule is CC(CCl)C(C)NCCc1ccc2c(c1)CCO2. The normalized spacial score (nSPS) is 17.1. The van der Waals surface area contributed by atoms with Crippen LogP contribution in [0.3, 0.4) is 0 Å². The van der Waals surface area contributed by atoms with Crippen LogP contribution in [0.25, 0.3) is 0 Å². The van der Waals surface area contributed by atoms with Crippen molar-refractivity contribution in [3.8, 4) is 5.75 Å². The van der Waals surface area contributed by atoms with E-state index in [-0.39, 0.29) is 0 Å². The van der Waals surface area contributed by atoms with E-state index in [1.54, 1.807) is 0 Å². The van der Waals surface area contributed by atoms with Crippen molar-refractivity contribution in [2.24, 2.45) is 5.92 Å². The average molecular weight is 268 g/mol. The zero-order valence-corrected chi connectivity index (χ0v) is 12.0. The Bertz CT molecular complexity index is 394. The molecule has 100 valence electrons. The first-order valence-electron chi connectivity index (χ1n) is 6.74. The fraction of sp³-hybridized carbons (Fsp3) is 0.600. The summed E-state index contributed by atoms with van der Waals surface area (Å²) in [4.78, 5) is 0. The maximum absolute atomic E-state index is 5.85. The molecular weight excluding hydrogens is 246 g/mol. The Labute approximate surface area is 115 Å². The molecule has 1 aliphatic heterocycles. The summed E-state index contributed by atoms with van der Waals surface area (Å²) in [6.45, 7) is 6.21. The van der Waals surface area contributed by atoms with Gasteiger partial charge in [-0.1, -0.05) is 19.1 Å². The molecule has 0 amide bonds. The molecule has 2 rings (SSSR count). The molecule has 0 radical (unpaired) electrons. The molecule has 2 nitrogen and oxygen atoms in total. The lowest BCUT2D eigenvalue weighted by Gasteiger charge is -2.19. The first-order chi connectivity index (χ1) is 8.70. The van der Waals surface area contributed by atoms with Gasteiger partial charge in [-0.3, -0.25) is 0 Å². The van der Waals surface area contributed by atoms with E-state index in [9.17, 15) is 0 Å². The van der Waals surface area contributed by atoms with Gasteiger partial charge in [-0.15, -0.1) is 11.6 Å². The standard InChI is InChI=1S/C15H22ClNO/c1-11(10-16)12(2)17-7-5-13-3-4-15-14(9-13)6-8-18-15/h3-4,9,11-12,17H,5-8,10H2,1-2H3. The van der Waals surface area contributed by atoms with Gasteiger partial charge in [0.15, 0.2) is 0 Å². The van der Waals surface area contributed by atoms with Crippen LogP contribution in [0.1, 0.15) is 25.0 Å². The quantitative estimate of drug-likeness (QED) is 0.800. The Hall–Kier alpha value is -0.730. The molecule has 0 saturated carbocycles. The summed E-state index contributed by atoms with van der Waals surface area (Å²) in [7, 11) is 0. The number of ether oxygens (including phenoxy) is 1. The molecule has 0 spiro atoms. The second-order valence-corrected chi connectivity index (χ2v) is 5.47. The fourth-order valence-electron chi connectivity index (χ4n) is 2.17. The largest absolute Gasteiger partial charge is 0.493 e. The number of alkyl halides is 1. The van der Waals surface area contributed by atoms with Gasteiger partial charge in [0.1, 0.15) is 5.75 Å². The average Bonchev–Trinajstić information content (AvgIpc) is 2.85. The highest BCUT2D eigenvalue weighted by atomic mass is 35.5. The third kappa shape index (κ3) is 3.39. The van der Waals surface area contributed by atoms with Crippen LogP contribution in [-0.4, -0.2) is 25.1 Å². The third-order valence-electron chi connectivity index (χ3n) is 3.73. The minimum atomic E-state index is 0.472. The van der Waals surface area contributed by atoms with Gasteiger partial charge >= 0.3 is 0 Å². The van der Waals surface area contributed by atoms with Gasteiger partial charge in [0.05, 0.1) is 6.61 Å². The van der Waals surface area contributed by atoms with Crippen LogP contribution in [-0.2, 0) is 12.8 Å². The third-order valence-corrected chi connectivity index (χ3v) is 4.22. The summed E-state index contributed by atoms with van der Waals surface area (Å²) in [6.07, 6.45) is 2.11. The molecule has 1 aromatic rings. The molecule has 0 aliphatic carbocycles. The number of hydrogen-bond acceptors (Lipinski definition) is 2. The van der Waals surface area contributed by atoms with E-state index in [0.29, 0.717) is 17.8 Å². The summed E-state index contributed by atoms with van der Waals surface area (Å²) in [6, 6.07) is 7.02. The van der Waals surface area contributed by atoms with Crippen LogP contribution in [0.5, 0.6) is 5.75 Å². The Kier molecular flexibility index (Phi) is 4.90. The van der Waals surface area contributed by atoms with Crippen LogP contribution in [0.4, 0.5) is 0 Å². The van der Waals surface area contributed by atoms with Gasteiger partial charge in [0.2, 0.25) is 0 Å². The van der Waals surface area contributed by atoms with Crippen molar-refractivity contribution >= 4 is 11.6 Å². The molecule has 0 fully saturated rings. The van der Waals surface area contributed by atoms with Gasteiger partial charge in [0.25, 0.3) is 0 Å². The van der Waals surface area contributed by atoms with Crippen LogP contribution in [0.15, 0.2) is 18.2 Å². The predicted octanol–water partition coefficient (Wildman–Crippen LogP) is 3.02. The van der Waals surface area contributed by atoms with E-state index >= 15 is 0 Å². The molecule has 18 heavy (non-hydrogen) atoms. The van der Waals surface area contributed by atoms with Crippen molar-refractivity contribution in [2.75, 3.05) is 19.0 Å². The Morgan fingerprint density at radius 3 is 3.00 bits per heavy atom. The van der Waals surface area contributed by atoms with E-state index in [1.807, 2.05) is 0 Å². The van der Waals surface area contributed by atoms with Crippen molar-refractivity contribution in [2.45, 2.75) is 32.7 Å². The number of rotatable bonds is 6. The molecule has 3 heteroatoms. The lowest BCUT2D eigenvalue weighted by Crippen LogP contribution is -2.34. The molecule has 0 aromatic heterocycles. The Morgan fingerprint density at radius 2 is 2.22 bits per heavy atom. The van der Waals surface area contributed by atoms with Crippen LogP contribution in [0, 0.1) is 5.92 Å². The molecule has 0 saturated heterocycles. The number of hydrogen-bond donors (Lipinski definition) is 1. The molecule has 1 aliphatic rings. The zero-order chi connectivity index (χ0) is 13.0. The van der Waals surface area contributed by atoms with Crippen molar-refractivity contribution in [3.05, 3.63) is 29.3 Å². The summed E-state index contributed by atoms with van der Waals surface area (Å²) in [5.74, 6) is 2.29. The summed E-state index contributed by atoms with van der Waals surface area (Å²) < 4.78 is 5.51. The van der Waals surface area contributed by atoms with E-state index in [2.05, 4.69) is 37.4 Å². The van der Waals surface area contributed by atoms with E-state index in [4.69, 9.17) is 16.3 Å². The lowest BCUT2D eigenvalue weighted by atomic mass is 10.0. The summed E-state index contributed by atoms with van der Waals surface area (Å²) >= 11 is 5.85. The van der Waals surface area contributed by atoms with Gasteiger partial charge in [-0.2, -0.15) is 0 Å². The summed E-state index contributed by atoms with van der Waals surface area (Å²) in [5, 5.41) is 3.53. The monoisotopic (exact) mass is 267 g/mol. The van der Waals surface area contributed by atoms with Crippen molar-refractivity contribution in [1.29, 1.82) is 0 Å². The van der Waals surface area contributed by atoms with E-state index in [0.717, 1.165) is 31.7 Å². The van der Waals surface area contributed by atoms with Gasteiger partial charge in [-0.25, -0.2) is 0 Å². The molecular formula is C15H22ClNO. The number of fused-ring (bicyclic) bond motifs is 1. The van der Waals surface area contributed by atoms with E-state index in [1.165, 1.54) is 11.1 Å². The van der Waals surface area contributed by atoms with Gasteiger partial charge in [-0.05, 0) is 43.0 Å². The molecule has 0 bridgehead atoms. The maximum atomic E-state index is 5.85. The molecule has 1 aromatic carbocycles. The van der Waals surface area contributed by atoms with Crippen LogP contribution >= 0.6 is 11.6 Å². The number of benzene rings is 1. The number of nitrogens with one attached hydrogen (secondary N) is 1. The van der Waals surface area contributed by atoms with Crippen LogP contribution < -0.4 is 10.1 Å². The highest BCUT2D eigenvalue weighted by Crippen LogP contribution is 2.25. The minimum absolute atomic E-state index is 0.472. The van der Waals surface area contributed by atoms with Gasteiger partial charge in [0, 0.05) is 18.3 Å². The first-order valence-corrected chi connectivity index (χ1v) is 7.28. The highest BCUT2D eigenvalue weighted by Gasteiger charge is 2.12. The smallest absolute Gasteiger partial charge is 0.122 e. The minimum Gasteiger partial charge on any atom is -0.493 e. The number of halogens is 1. The molecule has 1 heterocycles. The fourth-order valence-corrected chi connectivity index (χ4v) is 2.44. The highest BCUT2D eigenvalue weighted by molar-refractivity contribution is 6.18. The molecule has 2 atom stereocenters. The first kappa shape index (κ1) is 13.7. The Morgan fingerprint density at radius 1 is 1.39 bits per heavy atom. The van der Waals surface area contributed by atoms with E-state index < -0.39 is 0 Å². The topological polar surface area (TPSA) is 21.3 Å². The van der Waals surface area contributed by atoms with Crippen molar-refractivity contribution in [1.82, 2.24) is 5.32 Å². The zero-order valence-electron chi connectivity index (χ0n) is 11.2. The van der Waals surface area contributed by atoms with Crippen LogP contribution in [0.2, 0.25) is 0 Å². The van der Waals surface area contributed by atoms with Crippen molar-refractivity contribution in [3.63, 3.8) is 0 Å². The summed E-state index contributed by atoms with van der Waals surface area (Å²) in [5.41, 5.74) is 2.74. The second-order valence-electron chi connectivity index (χ2n) is 5.16. The van der Waals surface area contributed by atoms with Crippen molar-refractivity contribution < 1.29 is 4.74 Å². The lowest BCUT2D eigenvalue weighted by molar-refractivity contribution is 0.357. The maximum Gasteiger partial charge on any atom is 0.122 e. The Balaban J connectivity index is 1.80. The molecule has 2 unspecified atom stereocenters.